The van der Waals surface area contributed by atoms with Gasteiger partial charge in [-0.1, -0.05) is 16.8 Å². The lowest BCUT2D eigenvalue weighted by molar-refractivity contribution is 0.340. The second-order valence-electron chi connectivity index (χ2n) is 5.83. The molecule has 4 aromatic rings. The number of anilines is 1. The normalized spacial score (nSPS) is 11.0. The number of nitrogens with zero attached hydrogens (tertiary/aromatic N) is 4. The summed E-state index contributed by atoms with van der Waals surface area (Å²) in [6, 6.07) is 11.9. The van der Waals surface area contributed by atoms with Gasteiger partial charge in [0.2, 0.25) is 0 Å². The van der Waals surface area contributed by atoms with Crippen LogP contribution in [0.5, 0.6) is 5.75 Å². The monoisotopic (exact) mass is 415 g/mol. The van der Waals surface area contributed by atoms with Crippen LogP contribution in [-0.2, 0) is 0 Å². The fourth-order valence-corrected chi connectivity index (χ4v) is 3.65. The van der Waals surface area contributed by atoms with Crippen LogP contribution in [0.3, 0.4) is 0 Å². The van der Waals surface area contributed by atoms with E-state index in [-0.39, 0.29) is 5.02 Å². The van der Waals surface area contributed by atoms with Crippen LogP contribution in [-0.4, -0.2) is 26.6 Å². The molecule has 0 unspecified atom stereocenters. The summed E-state index contributed by atoms with van der Waals surface area (Å²) in [6.45, 7) is 2.56. The Kier molecular flexibility index (Phi) is 4.97. The predicted octanol–water partition coefficient (Wildman–Crippen LogP) is 4.83. The van der Waals surface area contributed by atoms with Crippen LogP contribution < -0.4 is 10.5 Å². The Morgan fingerprint density at radius 2 is 2.00 bits per heavy atom. The second kappa shape index (κ2) is 7.57. The molecule has 0 spiro atoms. The number of benzene rings is 2. The largest absolute Gasteiger partial charge is 0.494 e. The lowest BCUT2D eigenvalue weighted by Gasteiger charge is -2.04. The van der Waals surface area contributed by atoms with Crippen molar-refractivity contribution in [3.63, 3.8) is 0 Å². The van der Waals surface area contributed by atoms with Crippen molar-refractivity contribution in [2.45, 2.75) is 6.92 Å². The molecule has 9 heteroatoms. The average Bonchev–Trinajstić information content (AvgIpc) is 3.32. The van der Waals surface area contributed by atoms with Gasteiger partial charge >= 0.3 is 0 Å². The van der Waals surface area contributed by atoms with Gasteiger partial charge in [-0.25, -0.2) is 9.37 Å². The van der Waals surface area contributed by atoms with Crippen LogP contribution in [0.15, 0.2) is 47.8 Å². The number of ether oxygens (including phenoxy) is 1. The Morgan fingerprint density at radius 1 is 1.21 bits per heavy atom. The van der Waals surface area contributed by atoms with Gasteiger partial charge in [0.1, 0.15) is 16.6 Å². The number of aromatic nitrogens is 4. The molecule has 2 N–H and O–H groups in total. The number of hydrogen-bond acceptors (Lipinski definition) is 6. The van der Waals surface area contributed by atoms with Crippen LogP contribution in [0.4, 0.5) is 10.2 Å². The first-order valence-electron chi connectivity index (χ1n) is 8.42. The first kappa shape index (κ1) is 18.4. The Morgan fingerprint density at radius 3 is 2.71 bits per heavy atom. The summed E-state index contributed by atoms with van der Waals surface area (Å²) in [6.07, 6.45) is 0. The Bertz CT molecular complexity index is 1130. The van der Waals surface area contributed by atoms with E-state index in [1.807, 2.05) is 36.6 Å². The van der Waals surface area contributed by atoms with E-state index in [0.29, 0.717) is 28.8 Å². The van der Waals surface area contributed by atoms with Gasteiger partial charge in [0.05, 0.1) is 23.0 Å². The minimum absolute atomic E-state index is 0.0130. The van der Waals surface area contributed by atoms with Gasteiger partial charge in [0.15, 0.2) is 11.5 Å². The molecule has 0 bridgehead atoms. The van der Waals surface area contributed by atoms with E-state index < -0.39 is 5.82 Å². The molecule has 0 saturated heterocycles. The van der Waals surface area contributed by atoms with Crippen molar-refractivity contribution in [2.24, 2.45) is 0 Å². The highest BCUT2D eigenvalue weighted by Gasteiger charge is 2.17. The highest BCUT2D eigenvalue weighted by atomic mass is 35.5. The summed E-state index contributed by atoms with van der Waals surface area (Å²) in [7, 11) is 0. The minimum atomic E-state index is -0.510. The van der Waals surface area contributed by atoms with E-state index in [1.165, 1.54) is 34.2 Å². The zero-order chi connectivity index (χ0) is 19.7. The Hall–Kier alpha value is -2.97. The second-order valence-corrected chi connectivity index (χ2v) is 7.09. The van der Waals surface area contributed by atoms with Crippen LogP contribution in [0.25, 0.3) is 27.6 Å². The van der Waals surface area contributed by atoms with Crippen molar-refractivity contribution >= 4 is 28.8 Å². The van der Waals surface area contributed by atoms with Crippen molar-refractivity contribution in [3.8, 4) is 33.4 Å². The number of nitrogens with two attached hydrogens (primary N) is 1. The molecule has 0 radical (unpaired) electrons. The zero-order valence-corrected chi connectivity index (χ0v) is 16.3. The average molecular weight is 416 g/mol. The first-order valence-corrected chi connectivity index (χ1v) is 9.68. The maximum Gasteiger partial charge on any atom is 0.165 e. The number of hydrogen-bond donors (Lipinski definition) is 1. The van der Waals surface area contributed by atoms with Crippen molar-refractivity contribution in [2.75, 3.05) is 12.3 Å². The maximum atomic E-state index is 13.4. The van der Waals surface area contributed by atoms with Crippen molar-refractivity contribution in [1.29, 1.82) is 0 Å². The number of rotatable bonds is 5. The third kappa shape index (κ3) is 3.44. The topological polar surface area (TPSA) is 78.9 Å². The molecule has 6 nitrogen and oxygen atoms in total. The Balaban J connectivity index is 1.64. The Labute approximate surface area is 169 Å². The highest BCUT2D eigenvalue weighted by Crippen LogP contribution is 2.32. The first-order chi connectivity index (χ1) is 13.6. The van der Waals surface area contributed by atoms with Gasteiger partial charge in [0.25, 0.3) is 0 Å². The van der Waals surface area contributed by atoms with Gasteiger partial charge in [-0.15, -0.1) is 16.4 Å². The maximum absolute atomic E-state index is 13.4. The third-order valence-corrected chi connectivity index (χ3v) is 5.16. The number of halogens is 2. The van der Waals surface area contributed by atoms with Gasteiger partial charge in [-0.05, 0) is 49.4 Å². The molecule has 2 heterocycles. The van der Waals surface area contributed by atoms with Crippen molar-refractivity contribution in [3.05, 3.63) is 58.7 Å². The van der Waals surface area contributed by atoms with E-state index in [2.05, 4.69) is 15.3 Å². The van der Waals surface area contributed by atoms with E-state index in [4.69, 9.17) is 22.1 Å². The molecule has 4 rings (SSSR count). The van der Waals surface area contributed by atoms with Crippen LogP contribution >= 0.6 is 22.9 Å². The summed E-state index contributed by atoms with van der Waals surface area (Å²) in [5.41, 5.74) is 8.96. The van der Waals surface area contributed by atoms with Crippen molar-refractivity contribution < 1.29 is 9.13 Å². The predicted molar refractivity (Wildman–Crippen MR) is 108 cm³/mol. The van der Waals surface area contributed by atoms with E-state index >= 15 is 0 Å². The molecule has 0 atom stereocenters. The summed E-state index contributed by atoms with van der Waals surface area (Å²) in [5.74, 6) is 0.603. The van der Waals surface area contributed by atoms with Gasteiger partial charge in [0, 0.05) is 10.9 Å². The van der Waals surface area contributed by atoms with Gasteiger partial charge in [-0.3, -0.25) is 0 Å². The molecule has 0 aliphatic carbocycles. The molecule has 0 saturated carbocycles. The molecule has 0 aliphatic heterocycles. The number of nitrogen functional groups attached to an aromatic ring is 1. The lowest BCUT2D eigenvalue weighted by Crippen LogP contribution is -2.02. The van der Waals surface area contributed by atoms with E-state index in [9.17, 15) is 4.39 Å². The molecular weight excluding hydrogens is 401 g/mol. The van der Waals surface area contributed by atoms with Crippen LogP contribution in [0, 0.1) is 5.82 Å². The van der Waals surface area contributed by atoms with Crippen LogP contribution in [0.1, 0.15) is 6.92 Å². The summed E-state index contributed by atoms with van der Waals surface area (Å²) in [4.78, 5) is 4.62. The van der Waals surface area contributed by atoms with Gasteiger partial charge in [-0.2, -0.15) is 4.68 Å². The molecule has 2 aromatic carbocycles. The van der Waals surface area contributed by atoms with Crippen LogP contribution in [0.2, 0.25) is 5.02 Å². The molecular formula is C19H15ClFN5OS. The van der Waals surface area contributed by atoms with Crippen molar-refractivity contribution in [1.82, 2.24) is 20.0 Å². The molecule has 142 valence electrons. The smallest absolute Gasteiger partial charge is 0.165 e. The van der Waals surface area contributed by atoms with E-state index in [1.54, 1.807) is 0 Å². The molecule has 0 amide bonds. The molecule has 2 aromatic heterocycles. The summed E-state index contributed by atoms with van der Waals surface area (Å²) >= 11 is 7.26. The standard InChI is InChI=1S/C19H15ClFN5OS/c1-2-27-13-6-3-11(4-7-13)16-10-28-19(23-16)17-18(22)26(25-24-17)12-5-8-15(21)14(20)9-12/h3-10H,2,22H2,1H3. The highest BCUT2D eigenvalue weighted by molar-refractivity contribution is 7.13. The quantitative estimate of drug-likeness (QED) is 0.505. The third-order valence-electron chi connectivity index (χ3n) is 4.02. The molecule has 28 heavy (non-hydrogen) atoms. The fraction of sp³-hybridized carbons (Fsp3) is 0.105. The SMILES string of the molecule is CCOc1ccc(-c2csc(-c3nnn(-c4ccc(F)c(Cl)c4)c3N)n2)cc1. The molecule has 0 fully saturated rings. The minimum Gasteiger partial charge on any atom is -0.494 e. The number of thiazole rings is 1. The van der Waals surface area contributed by atoms with E-state index in [0.717, 1.165) is 17.0 Å². The van der Waals surface area contributed by atoms with Gasteiger partial charge < -0.3 is 10.5 Å². The lowest BCUT2D eigenvalue weighted by atomic mass is 10.2. The summed E-state index contributed by atoms with van der Waals surface area (Å²) in [5, 5.41) is 10.8. The fourth-order valence-electron chi connectivity index (χ4n) is 2.65. The zero-order valence-electron chi connectivity index (χ0n) is 14.8. The molecule has 0 aliphatic rings. The summed E-state index contributed by atoms with van der Waals surface area (Å²) < 4.78 is 20.3.